The van der Waals surface area contributed by atoms with Gasteiger partial charge in [-0.1, -0.05) is 12.1 Å². The average molecular weight is 242 g/mol. The minimum absolute atomic E-state index is 0.00211. The van der Waals surface area contributed by atoms with Gasteiger partial charge in [-0.15, -0.1) is 0 Å². The molecule has 0 bridgehead atoms. The molecule has 2 rings (SSSR count). The second-order valence-electron chi connectivity index (χ2n) is 4.07. The molecule has 1 N–H and O–H groups in total. The number of aryl methyl sites for hydroxylation is 1. The van der Waals surface area contributed by atoms with E-state index in [4.69, 9.17) is 4.74 Å². The van der Waals surface area contributed by atoms with Crippen molar-refractivity contribution in [3.63, 3.8) is 0 Å². The van der Waals surface area contributed by atoms with Crippen molar-refractivity contribution >= 4 is 6.29 Å². The molecule has 0 saturated carbocycles. The predicted molar refractivity (Wildman–Crippen MR) is 70.2 cm³/mol. The Kier molecular flexibility index (Phi) is 3.33. The molecule has 0 aliphatic carbocycles. The van der Waals surface area contributed by atoms with Crippen molar-refractivity contribution in [3.05, 3.63) is 47.5 Å². The van der Waals surface area contributed by atoms with Gasteiger partial charge >= 0.3 is 0 Å². The SMILES string of the molecule is COc1ccc(-c2ccc(C=O)c(O)c2)c(C)c1. The van der Waals surface area contributed by atoms with Gasteiger partial charge in [0.2, 0.25) is 0 Å². The standard InChI is InChI=1S/C15H14O3/c1-10-7-13(18-2)5-6-14(10)11-3-4-12(9-16)15(17)8-11/h3-9,17H,1-2H3. The van der Waals surface area contributed by atoms with Crippen molar-refractivity contribution in [1.82, 2.24) is 0 Å². The number of phenols is 1. The fourth-order valence-corrected chi connectivity index (χ4v) is 1.90. The van der Waals surface area contributed by atoms with Gasteiger partial charge in [0.15, 0.2) is 6.29 Å². The molecular formula is C15H14O3. The zero-order valence-electron chi connectivity index (χ0n) is 10.3. The van der Waals surface area contributed by atoms with Gasteiger partial charge in [-0.3, -0.25) is 4.79 Å². The summed E-state index contributed by atoms with van der Waals surface area (Å²) >= 11 is 0. The molecule has 3 nitrogen and oxygen atoms in total. The third-order valence-electron chi connectivity index (χ3n) is 2.90. The summed E-state index contributed by atoms with van der Waals surface area (Å²) in [4.78, 5) is 10.6. The maximum atomic E-state index is 10.6. The van der Waals surface area contributed by atoms with E-state index in [0.29, 0.717) is 11.8 Å². The van der Waals surface area contributed by atoms with Crippen molar-refractivity contribution < 1.29 is 14.6 Å². The first-order valence-electron chi connectivity index (χ1n) is 5.59. The Morgan fingerprint density at radius 2 is 1.94 bits per heavy atom. The van der Waals surface area contributed by atoms with Crippen molar-refractivity contribution in [2.75, 3.05) is 7.11 Å². The lowest BCUT2D eigenvalue weighted by atomic mass is 9.99. The minimum atomic E-state index is -0.00211. The van der Waals surface area contributed by atoms with E-state index in [2.05, 4.69) is 0 Å². The van der Waals surface area contributed by atoms with Crippen LogP contribution in [-0.2, 0) is 0 Å². The van der Waals surface area contributed by atoms with Gasteiger partial charge in [0, 0.05) is 0 Å². The molecule has 0 atom stereocenters. The molecule has 0 fully saturated rings. The molecule has 0 amide bonds. The Labute approximate surface area is 106 Å². The summed E-state index contributed by atoms with van der Waals surface area (Å²) in [5, 5.41) is 9.69. The van der Waals surface area contributed by atoms with Gasteiger partial charge in [-0.25, -0.2) is 0 Å². The molecule has 0 radical (unpaired) electrons. The molecular weight excluding hydrogens is 228 g/mol. The molecule has 0 unspecified atom stereocenters. The maximum Gasteiger partial charge on any atom is 0.153 e. The van der Waals surface area contributed by atoms with Crippen LogP contribution < -0.4 is 4.74 Å². The smallest absolute Gasteiger partial charge is 0.153 e. The first kappa shape index (κ1) is 12.2. The monoisotopic (exact) mass is 242 g/mol. The number of aldehydes is 1. The number of ether oxygens (including phenoxy) is 1. The summed E-state index contributed by atoms with van der Waals surface area (Å²) in [7, 11) is 1.62. The number of phenolic OH excluding ortho intramolecular Hbond substituents is 1. The van der Waals surface area contributed by atoms with Crippen LogP contribution in [0.25, 0.3) is 11.1 Å². The van der Waals surface area contributed by atoms with E-state index in [-0.39, 0.29) is 5.75 Å². The summed E-state index contributed by atoms with van der Waals surface area (Å²) in [5.41, 5.74) is 3.22. The largest absolute Gasteiger partial charge is 0.507 e. The third-order valence-corrected chi connectivity index (χ3v) is 2.90. The van der Waals surface area contributed by atoms with Gasteiger partial charge in [-0.05, 0) is 47.9 Å². The lowest BCUT2D eigenvalue weighted by Gasteiger charge is -2.09. The van der Waals surface area contributed by atoms with Gasteiger partial charge < -0.3 is 9.84 Å². The summed E-state index contributed by atoms with van der Waals surface area (Å²) in [6, 6.07) is 10.8. The summed E-state index contributed by atoms with van der Waals surface area (Å²) in [5.74, 6) is 0.794. The lowest BCUT2D eigenvalue weighted by Crippen LogP contribution is -1.88. The highest BCUT2D eigenvalue weighted by Crippen LogP contribution is 2.30. The number of aromatic hydroxyl groups is 1. The molecule has 2 aromatic carbocycles. The normalized spacial score (nSPS) is 10.1. The molecule has 0 aromatic heterocycles. The molecule has 3 heteroatoms. The molecule has 18 heavy (non-hydrogen) atoms. The Balaban J connectivity index is 2.48. The second-order valence-corrected chi connectivity index (χ2v) is 4.07. The number of carbonyl (C=O) groups excluding carboxylic acids is 1. The zero-order chi connectivity index (χ0) is 13.1. The van der Waals surface area contributed by atoms with E-state index in [0.717, 1.165) is 22.4 Å². The summed E-state index contributed by atoms with van der Waals surface area (Å²) in [6.45, 7) is 1.97. The molecule has 92 valence electrons. The maximum absolute atomic E-state index is 10.6. The van der Waals surface area contributed by atoms with Crippen LogP contribution in [0.1, 0.15) is 15.9 Å². The number of methoxy groups -OCH3 is 1. The fourth-order valence-electron chi connectivity index (χ4n) is 1.90. The van der Waals surface area contributed by atoms with Crippen molar-refractivity contribution in [2.45, 2.75) is 6.92 Å². The van der Waals surface area contributed by atoms with E-state index in [9.17, 15) is 9.90 Å². The summed E-state index contributed by atoms with van der Waals surface area (Å²) < 4.78 is 5.15. The summed E-state index contributed by atoms with van der Waals surface area (Å²) in [6.07, 6.45) is 0.639. The van der Waals surface area contributed by atoms with E-state index >= 15 is 0 Å². The van der Waals surface area contributed by atoms with Crippen molar-refractivity contribution in [2.24, 2.45) is 0 Å². The van der Waals surface area contributed by atoms with Gasteiger partial charge in [0.25, 0.3) is 0 Å². The third kappa shape index (κ3) is 2.20. The lowest BCUT2D eigenvalue weighted by molar-refractivity contribution is 0.112. The Bertz CT molecular complexity index is 588. The van der Waals surface area contributed by atoms with Crippen LogP contribution in [-0.4, -0.2) is 18.5 Å². The average Bonchev–Trinajstić information content (AvgIpc) is 2.38. The highest BCUT2D eigenvalue weighted by molar-refractivity contribution is 5.82. The van der Waals surface area contributed by atoms with E-state index in [1.54, 1.807) is 19.2 Å². The fraction of sp³-hybridized carbons (Fsp3) is 0.133. The topological polar surface area (TPSA) is 46.5 Å². The quantitative estimate of drug-likeness (QED) is 0.841. The Morgan fingerprint density at radius 1 is 1.17 bits per heavy atom. The highest BCUT2D eigenvalue weighted by atomic mass is 16.5. The molecule has 0 aliphatic rings. The molecule has 0 saturated heterocycles. The number of carbonyl (C=O) groups is 1. The van der Waals surface area contributed by atoms with E-state index in [1.807, 2.05) is 31.2 Å². The van der Waals surface area contributed by atoms with E-state index in [1.165, 1.54) is 0 Å². The van der Waals surface area contributed by atoms with Crippen LogP contribution in [0.2, 0.25) is 0 Å². The Hall–Kier alpha value is -2.29. The number of benzene rings is 2. The predicted octanol–water partition coefficient (Wildman–Crippen LogP) is 3.19. The molecule has 0 spiro atoms. The minimum Gasteiger partial charge on any atom is -0.507 e. The van der Waals surface area contributed by atoms with Gasteiger partial charge in [0.05, 0.1) is 12.7 Å². The van der Waals surface area contributed by atoms with Crippen molar-refractivity contribution in [1.29, 1.82) is 0 Å². The van der Waals surface area contributed by atoms with Crippen LogP contribution in [0, 0.1) is 6.92 Å². The number of hydrogen-bond donors (Lipinski definition) is 1. The number of rotatable bonds is 3. The zero-order valence-corrected chi connectivity index (χ0v) is 10.3. The molecule has 2 aromatic rings. The Morgan fingerprint density at radius 3 is 2.50 bits per heavy atom. The highest BCUT2D eigenvalue weighted by Gasteiger charge is 2.06. The van der Waals surface area contributed by atoms with Crippen LogP contribution in [0.4, 0.5) is 0 Å². The second kappa shape index (κ2) is 4.92. The first-order chi connectivity index (χ1) is 8.65. The molecule has 0 heterocycles. The van der Waals surface area contributed by atoms with Crippen LogP contribution in [0.5, 0.6) is 11.5 Å². The van der Waals surface area contributed by atoms with Crippen LogP contribution in [0.15, 0.2) is 36.4 Å². The van der Waals surface area contributed by atoms with Gasteiger partial charge in [0.1, 0.15) is 11.5 Å². The van der Waals surface area contributed by atoms with E-state index < -0.39 is 0 Å². The van der Waals surface area contributed by atoms with Crippen LogP contribution in [0.3, 0.4) is 0 Å². The molecule has 0 aliphatic heterocycles. The van der Waals surface area contributed by atoms with Gasteiger partial charge in [-0.2, -0.15) is 0 Å². The van der Waals surface area contributed by atoms with Crippen LogP contribution >= 0.6 is 0 Å². The number of hydrogen-bond acceptors (Lipinski definition) is 3. The first-order valence-corrected chi connectivity index (χ1v) is 5.59. The van der Waals surface area contributed by atoms with Crippen molar-refractivity contribution in [3.8, 4) is 22.6 Å².